The van der Waals surface area contributed by atoms with Gasteiger partial charge in [-0.3, -0.25) is 9.69 Å². The van der Waals surface area contributed by atoms with Gasteiger partial charge < -0.3 is 4.57 Å². The van der Waals surface area contributed by atoms with Crippen molar-refractivity contribution < 1.29 is 8.78 Å². The van der Waals surface area contributed by atoms with E-state index < -0.39 is 11.6 Å². The second kappa shape index (κ2) is 6.67. The molecule has 1 atom stereocenters. The number of aryl methyl sites for hydroxylation is 1. The van der Waals surface area contributed by atoms with Gasteiger partial charge >= 0.3 is 0 Å². The molecule has 0 bridgehead atoms. The third-order valence-electron chi connectivity index (χ3n) is 5.23. The summed E-state index contributed by atoms with van der Waals surface area (Å²) >= 11 is 0. The monoisotopic (exact) mass is 345 g/mol. The molecule has 4 nitrogen and oxygen atoms in total. The molecule has 1 fully saturated rings. The smallest absolute Gasteiger partial charge is 0.273 e. The summed E-state index contributed by atoms with van der Waals surface area (Å²) in [7, 11) is 0. The Labute approximate surface area is 145 Å². The van der Waals surface area contributed by atoms with Gasteiger partial charge in [0, 0.05) is 43.7 Å². The largest absolute Gasteiger partial charge is 0.333 e. The molecule has 3 heterocycles. The van der Waals surface area contributed by atoms with E-state index in [9.17, 15) is 13.6 Å². The van der Waals surface area contributed by atoms with Gasteiger partial charge in [0.05, 0.1) is 0 Å². The van der Waals surface area contributed by atoms with E-state index in [0.29, 0.717) is 6.54 Å². The number of hydrogen-bond acceptors (Lipinski definition) is 3. The van der Waals surface area contributed by atoms with Crippen LogP contribution < -0.4 is 5.56 Å². The van der Waals surface area contributed by atoms with Crippen LogP contribution >= 0.6 is 0 Å². The lowest BCUT2D eigenvalue weighted by atomic mass is 9.93. The third kappa shape index (κ3) is 3.35. The van der Waals surface area contributed by atoms with E-state index in [1.54, 1.807) is 12.1 Å². The quantitative estimate of drug-likeness (QED) is 0.859. The van der Waals surface area contributed by atoms with E-state index in [1.807, 2.05) is 0 Å². The molecule has 2 aliphatic rings. The summed E-state index contributed by atoms with van der Waals surface area (Å²) in [6.07, 6.45) is 3.97. The summed E-state index contributed by atoms with van der Waals surface area (Å²) in [5.41, 5.74) is 1.71. The number of fused-ring (bicyclic) bond motifs is 1. The van der Waals surface area contributed by atoms with Crippen molar-refractivity contribution in [3.8, 4) is 0 Å². The maximum Gasteiger partial charge on any atom is 0.273 e. The zero-order valence-electron chi connectivity index (χ0n) is 14.0. The van der Waals surface area contributed by atoms with Crippen LogP contribution in [0.4, 0.5) is 8.78 Å². The lowest BCUT2D eigenvalue weighted by Crippen LogP contribution is -2.35. The zero-order chi connectivity index (χ0) is 17.4. The van der Waals surface area contributed by atoms with Crippen LogP contribution in [0.25, 0.3) is 0 Å². The van der Waals surface area contributed by atoms with E-state index in [-0.39, 0.29) is 11.5 Å². The second-order valence-electron chi connectivity index (χ2n) is 7.01. The molecule has 0 unspecified atom stereocenters. The number of likely N-dealkylation sites (tertiary alicyclic amines) is 1. The molecule has 132 valence electrons. The SMILES string of the molecule is O=c1cc([C@@H]2CCCN(Cc3ccc(F)c(F)c3)C2)n2c(n1)CCC2. The average molecular weight is 345 g/mol. The van der Waals surface area contributed by atoms with Crippen molar-refractivity contribution >= 4 is 0 Å². The van der Waals surface area contributed by atoms with Gasteiger partial charge in [-0.15, -0.1) is 0 Å². The van der Waals surface area contributed by atoms with Crippen LogP contribution in [0.2, 0.25) is 0 Å². The molecule has 0 radical (unpaired) electrons. The molecule has 1 aromatic heterocycles. The van der Waals surface area contributed by atoms with Gasteiger partial charge in [-0.05, 0) is 43.5 Å². The van der Waals surface area contributed by atoms with Crippen LogP contribution in [0.3, 0.4) is 0 Å². The second-order valence-corrected chi connectivity index (χ2v) is 7.01. The van der Waals surface area contributed by atoms with Crippen molar-refractivity contribution in [3.63, 3.8) is 0 Å². The number of piperidine rings is 1. The Balaban J connectivity index is 1.53. The van der Waals surface area contributed by atoms with E-state index in [0.717, 1.165) is 62.4 Å². The molecule has 25 heavy (non-hydrogen) atoms. The van der Waals surface area contributed by atoms with Crippen molar-refractivity contribution in [3.05, 3.63) is 63.3 Å². The van der Waals surface area contributed by atoms with Gasteiger partial charge in [0.2, 0.25) is 0 Å². The van der Waals surface area contributed by atoms with Crippen molar-refractivity contribution in [1.82, 2.24) is 14.5 Å². The first-order chi connectivity index (χ1) is 12.1. The van der Waals surface area contributed by atoms with Crippen LogP contribution in [0, 0.1) is 11.6 Å². The topological polar surface area (TPSA) is 38.1 Å². The number of rotatable bonds is 3. The van der Waals surface area contributed by atoms with Crippen LogP contribution in [0.1, 0.15) is 42.3 Å². The molecule has 1 aromatic carbocycles. The molecule has 4 rings (SSSR count). The van der Waals surface area contributed by atoms with Crippen LogP contribution in [-0.2, 0) is 19.5 Å². The lowest BCUT2D eigenvalue weighted by Gasteiger charge is -2.34. The van der Waals surface area contributed by atoms with Crippen molar-refractivity contribution in [2.45, 2.75) is 44.7 Å². The van der Waals surface area contributed by atoms with E-state index >= 15 is 0 Å². The maximum absolute atomic E-state index is 13.4. The molecule has 2 aliphatic heterocycles. The molecule has 1 saturated heterocycles. The Morgan fingerprint density at radius 3 is 2.84 bits per heavy atom. The highest BCUT2D eigenvalue weighted by Gasteiger charge is 2.26. The Morgan fingerprint density at radius 2 is 2.00 bits per heavy atom. The Bertz CT molecular complexity index is 849. The molecule has 0 saturated carbocycles. The highest BCUT2D eigenvalue weighted by Crippen LogP contribution is 2.29. The van der Waals surface area contributed by atoms with E-state index in [1.165, 1.54) is 12.1 Å². The fraction of sp³-hybridized carbons (Fsp3) is 0.474. The fourth-order valence-corrected chi connectivity index (χ4v) is 4.09. The minimum absolute atomic E-state index is 0.152. The van der Waals surface area contributed by atoms with Gasteiger partial charge in [-0.1, -0.05) is 6.07 Å². The summed E-state index contributed by atoms with van der Waals surface area (Å²) in [6, 6.07) is 5.77. The first-order valence-corrected chi connectivity index (χ1v) is 8.87. The third-order valence-corrected chi connectivity index (χ3v) is 5.23. The van der Waals surface area contributed by atoms with Crippen molar-refractivity contribution in [2.24, 2.45) is 0 Å². The van der Waals surface area contributed by atoms with Gasteiger partial charge in [-0.2, -0.15) is 4.98 Å². The molecule has 0 spiro atoms. The first-order valence-electron chi connectivity index (χ1n) is 8.87. The van der Waals surface area contributed by atoms with Gasteiger partial charge in [0.1, 0.15) is 5.82 Å². The van der Waals surface area contributed by atoms with E-state index in [4.69, 9.17) is 0 Å². The predicted molar refractivity (Wildman–Crippen MR) is 90.4 cm³/mol. The predicted octanol–water partition coefficient (Wildman–Crippen LogP) is 2.85. The summed E-state index contributed by atoms with van der Waals surface area (Å²) in [4.78, 5) is 18.3. The summed E-state index contributed by atoms with van der Waals surface area (Å²) < 4.78 is 28.7. The number of hydrogen-bond donors (Lipinski definition) is 0. The Morgan fingerprint density at radius 1 is 1.12 bits per heavy atom. The molecule has 0 aliphatic carbocycles. The van der Waals surface area contributed by atoms with Crippen LogP contribution in [0.15, 0.2) is 29.1 Å². The highest BCUT2D eigenvalue weighted by molar-refractivity contribution is 5.19. The van der Waals surface area contributed by atoms with Gasteiger partial charge in [0.25, 0.3) is 5.56 Å². The van der Waals surface area contributed by atoms with E-state index in [2.05, 4.69) is 14.5 Å². The number of benzene rings is 1. The number of aromatic nitrogens is 2. The Hall–Kier alpha value is -2.08. The average Bonchev–Trinajstić information content (AvgIpc) is 3.06. The summed E-state index contributed by atoms with van der Waals surface area (Å²) in [5, 5.41) is 0. The van der Waals surface area contributed by atoms with Crippen LogP contribution in [-0.4, -0.2) is 27.5 Å². The molecular formula is C19H21F2N3O. The summed E-state index contributed by atoms with van der Waals surface area (Å²) in [5.74, 6) is -0.427. The van der Waals surface area contributed by atoms with Crippen molar-refractivity contribution in [2.75, 3.05) is 13.1 Å². The van der Waals surface area contributed by atoms with Gasteiger partial charge in [-0.25, -0.2) is 8.78 Å². The van der Waals surface area contributed by atoms with Gasteiger partial charge in [0.15, 0.2) is 11.6 Å². The minimum Gasteiger partial charge on any atom is -0.333 e. The van der Waals surface area contributed by atoms with Crippen LogP contribution in [0.5, 0.6) is 0 Å². The highest BCUT2D eigenvalue weighted by atomic mass is 19.2. The van der Waals surface area contributed by atoms with Crippen molar-refractivity contribution in [1.29, 1.82) is 0 Å². The lowest BCUT2D eigenvalue weighted by molar-refractivity contribution is 0.196. The minimum atomic E-state index is -0.813. The number of halogens is 2. The molecule has 0 N–H and O–H groups in total. The molecular weight excluding hydrogens is 324 g/mol. The fourth-order valence-electron chi connectivity index (χ4n) is 4.09. The normalized spacial score (nSPS) is 20.6. The number of nitrogens with zero attached hydrogens (tertiary/aromatic N) is 3. The molecule has 2 aromatic rings. The zero-order valence-corrected chi connectivity index (χ0v) is 14.0. The molecule has 0 amide bonds. The maximum atomic E-state index is 13.4. The Kier molecular flexibility index (Phi) is 4.37. The summed E-state index contributed by atoms with van der Waals surface area (Å²) in [6.45, 7) is 3.27. The first kappa shape index (κ1) is 16.4. The molecule has 6 heteroatoms. The standard InChI is InChI=1S/C19H21F2N3O/c20-15-6-5-13(9-16(15)21)11-23-7-1-3-14(12-23)17-10-19(25)22-18-4-2-8-24(17)18/h5-6,9-10,14H,1-4,7-8,11-12H2/t14-/m1/s1.